The first-order valence-corrected chi connectivity index (χ1v) is 9.20. The zero-order valence-corrected chi connectivity index (χ0v) is 13.6. The fraction of sp³-hybridized carbons (Fsp3) is 0.667. The highest BCUT2D eigenvalue weighted by molar-refractivity contribution is 7.99. The Morgan fingerprint density at radius 1 is 1.55 bits per heavy atom. The molecule has 0 bridgehead atoms. The molecule has 0 aliphatic heterocycles. The molecule has 0 radical (unpaired) electrons. The van der Waals surface area contributed by atoms with Crippen LogP contribution in [0.3, 0.4) is 0 Å². The minimum absolute atomic E-state index is 0.0265. The number of carbonyl (C=O) groups excluding carboxylic acids is 1. The van der Waals surface area contributed by atoms with Crippen molar-refractivity contribution in [3.63, 3.8) is 0 Å². The second kappa shape index (κ2) is 7.48. The van der Waals surface area contributed by atoms with Crippen molar-refractivity contribution >= 4 is 29.0 Å². The van der Waals surface area contributed by atoms with Crippen molar-refractivity contribution in [2.45, 2.75) is 44.0 Å². The van der Waals surface area contributed by atoms with E-state index in [1.165, 1.54) is 4.88 Å². The number of hydrogen-bond acceptors (Lipinski definition) is 4. The number of aliphatic hydroxyl groups is 1. The predicted molar refractivity (Wildman–Crippen MR) is 86.1 cm³/mol. The highest BCUT2D eigenvalue weighted by Gasteiger charge is 2.31. The molecule has 112 valence electrons. The largest absolute Gasteiger partial charge is 0.388 e. The molecule has 20 heavy (non-hydrogen) atoms. The van der Waals surface area contributed by atoms with Crippen LogP contribution in [-0.4, -0.2) is 28.9 Å². The maximum atomic E-state index is 11.8. The second-order valence-electron chi connectivity index (χ2n) is 5.76. The third kappa shape index (κ3) is 5.11. The van der Waals surface area contributed by atoms with Crippen LogP contribution in [0, 0.1) is 5.92 Å². The first-order chi connectivity index (χ1) is 9.57. The summed E-state index contributed by atoms with van der Waals surface area (Å²) in [6.07, 6.45) is 3.71. The molecule has 1 aromatic heterocycles. The van der Waals surface area contributed by atoms with E-state index in [2.05, 4.69) is 23.7 Å². The van der Waals surface area contributed by atoms with Crippen LogP contribution in [0.15, 0.2) is 17.5 Å². The van der Waals surface area contributed by atoms with E-state index >= 15 is 0 Å². The SMILES string of the molecule is CC1CCC(O)(CNC(=O)CSCc2cccs2)CC1. The van der Waals surface area contributed by atoms with Crippen LogP contribution in [0.4, 0.5) is 0 Å². The quantitative estimate of drug-likeness (QED) is 0.848. The molecule has 0 atom stereocenters. The van der Waals surface area contributed by atoms with Crippen molar-refractivity contribution in [2.24, 2.45) is 5.92 Å². The summed E-state index contributed by atoms with van der Waals surface area (Å²) < 4.78 is 0. The zero-order valence-electron chi connectivity index (χ0n) is 11.9. The number of rotatable bonds is 6. The normalized spacial score (nSPS) is 26.4. The van der Waals surface area contributed by atoms with E-state index in [9.17, 15) is 9.90 Å². The van der Waals surface area contributed by atoms with Crippen LogP contribution >= 0.6 is 23.1 Å². The monoisotopic (exact) mass is 313 g/mol. The summed E-state index contributed by atoms with van der Waals surface area (Å²) >= 11 is 3.34. The molecule has 0 saturated heterocycles. The maximum Gasteiger partial charge on any atom is 0.230 e. The number of amides is 1. The Morgan fingerprint density at radius 2 is 2.30 bits per heavy atom. The van der Waals surface area contributed by atoms with Gasteiger partial charge in [0.1, 0.15) is 0 Å². The molecule has 2 rings (SSSR count). The molecule has 1 saturated carbocycles. The number of nitrogens with one attached hydrogen (secondary N) is 1. The van der Waals surface area contributed by atoms with E-state index in [1.54, 1.807) is 23.1 Å². The van der Waals surface area contributed by atoms with Crippen molar-refractivity contribution in [2.75, 3.05) is 12.3 Å². The molecule has 1 heterocycles. The molecule has 0 aromatic carbocycles. The van der Waals surface area contributed by atoms with Crippen LogP contribution in [-0.2, 0) is 10.5 Å². The Bertz CT molecular complexity index is 412. The van der Waals surface area contributed by atoms with Gasteiger partial charge < -0.3 is 10.4 Å². The smallest absolute Gasteiger partial charge is 0.230 e. The molecule has 0 unspecified atom stereocenters. The minimum Gasteiger partial charge on any atom is -0.388 e. The van der Waals surface area contributed by atoms with Crippen molar-refractivity contribution in [1.82, 2.24) is 5.32 Å². The van der Waals surface area contributed by atoms with Gasteiger partial charge in [-0.3, -0.25) is 4.79 Å². The van der Waals surface area contributed by atoms with Gasteiger partial charge in [-0.2, -0.15) is 0 Å². The summed E-state index contributed by atoms with van der Waals surface area (Å²) in [5, 5.41) is 15.3. The van der Waals surface area contributed by atoms with Crippen LogP contribution in [0.2, 0.25) is 0 Å². The van der Waals surface area contributed by atoms with Gasteiger partial charge in [0.2, 0.25) is 5.91 Å². The third-order valence-corrected chi connectivity index (χ3v) is 5.92. The minimum atomic E-state index is -0.680. The van der Waals surface area contributed by atoms with E-state index in [0.29, 0.717) is 18.2 Å². The Morgan fingerprint density at radius 3 is 2.95 bits per heavy atom. The average Bonchev–Trinajstić information content (AvgIpc) is 2.94. The average molecular weight is 313 g/mol. The lowest BCUT2D eigenvalue weighted by atomic mass is 9.79. The number of carbonyl (C=O) groups is 1. The molecule has 1 amide bonds. The second-order valence-corrected chi connectivity index (χ2v) is 7.77. The lowest BCUT2D eigenvalue weighted by Gasteiger charge is -2.34. The van der Waals surface area contributed by atoms with Gasteiger partial charge in [0.25, 0.3) is 0 Å². The van der Waals surface area contributed by atoms with Crippen molar-refractivity contribution in [1.29, 1.82) is 0 Å². The first-order valence-electron chi connectivity index (χ1n) is 7.17. The van der Waals surface area contributed by atoms with E-state index in [-0.39, 0.29) is 5.91 Å². The van der Waals surface area contributed by atoms with Gasteiger partial charge in [0.05, 0.1) is 11.4 Å². The number of hydrogen-bond donors (Lipinski definition) is 2. The molecule has 5 heteroatoms. The van der Waals surface area contributed by atoms with Gasteiger partial charge in [-0.25, -0.2) is 0 Å². The van der Waals surface area contributed by atoms with Crippen LogP contribution in [0.1, 0.15) is 37.5 Å². The fourth-order valence-corrected chi connectivity index (χ4v) is 4.13. The van der Waals surface area contributed by atoms with Gasteiger partial charge in [-0.05, 0) is 43.0 Å². The van der Waals surface area contributed by atoms with Crippen LogP contribution in [0.25, 0.3) is 0 Å². The molecular weight excluding hydrogens is 290 g/mol. The van der Waals surface area contributed by atoms with Gasteiger partial charge in [-0.1, -0.05) is 13.0 Å². The van der Waals surface area contributed by atoms with Crippen LogP contribution in [0.5, 0.6) is 0 Å². The lowest BCUT2D eigenvalue weighted by molar-refractivity contribution is -0.120. The van der Waals surface area contributed by atoms with E-state index in [4.69, 9.17) is 0 Å². The van der Waals surface area contributed by atoms with Crippen molar-refractivity contribution < 1.29 is 9.90 Å². The van der Waals surface area contributed by atoms with Crippen molar-refractivity contribution in [3.05, 3.63) is 22.4 Å². The summed E-state index contributed by atoms with van der Waals surface area (Å²) in [5.41, 5.74) is -0.680. The first kappa shape index (κ1) is 15.9. The summed E-state index contributed by atoms with van der Waals surface area (Å²) in [6, 6.07) is 4.11. The number of thiophene rings is 1. The highest BCUT2D eigenvalue weighted by Crippen LogP contribution is 2.31. The third-order valence-electron chi connectivity index (χ3n) is 3.88. The molecular formula is C15H23NO2S2. The Balaban J connectivity index is 1.62. The van der Waals surface area contributed by atoms with Gasteiger partial charge in [-0.15, -0.1) is 23.1 Å². The number of thioether (sulfide) groups is 1. The summed E-state index contributed by atoms with van der Waals surface area (Å²) in [7, 11) is 0. The standard InChI is InChI=1S/C15H23NO2S2/c1-12-4-6-15(18,7-5-12)11-16-14(17)10-19-9-13-3-2-8-20-13/h2-3,8,12,18H,4-7,9-11H2,1H3,(H,16,17). The maximum absolute atomic E-state index is 11.8. The zero-order chi connectivity index (χ0) is 14.4. The molecule has 2 N–H and O–H groups in total. The van der Waals surface area contributed by atoms with Crippen molar-refractivity contribution in [3.8, 4) is 0 Å². The lowest BCUT2D eigenvalue weighted by Crippen LogP contribution is -2.45. The highest BCUT2D eigenvalue weighted by atomic mass is 32.2. The van der Waals surface area contributed by atoms with E-state index < -0.39 is 5.60 Å². The summed E-state index contributed by atoms with van der Waals surface area (Å²) in [4.78, 5) is 13.1. The molecule has 1 aliphatic carbocycles. The molecule has 1 aliphatic rings. The molecule has 1 aromatic rings. The van der Waals surface area contributed by atoms with E-state index in [1.807, 2.05) is 6.07 Å². The topological polar surface area (TPSA) is 49.3 Å². The predicted octanol–water partition coefficient (Wildman–Crippen LogP) is 3.04. The summed E-state index contributed by atoms with van der Waals surface area (Å²) in [6.45, 7) is 2.62. The molecule has 1 fully saturated rings. The molecule has 3 nitrogen and oxygen atoms in total. The van der Waals surface area contributed by atoms with Crippen LogP contribution < -0.4 is 5.32 Å². The Labute approximate surface area is 129 Å². The molecule has 0 spiro atoms. The Hall–Kier alpha value is -0.520. The van der Waals surface area contributed by atoms with E-state index in [0.717, 1.165) is 31.4 Å². The van der Waals surface area contributed by atoms with Gasteiger partial charge in [0, 0.05) is 17.2 Å². The summed E-state index contributed by atoms with van der Waals surface area (Å²) in [5.74, 6) is 2.07. The Kier molecular flexibility index (Phi) is 5.93. The van der Waals surface area contributed by atoms with Gasteiger partial charge in [0.15, 0.2) is 0 Å². The van der Waals surface area contributed by atoms with Gasteiger partial charge >= 0.3 is 0 Å². The fourth-order valence-electron chi connectivity index (χ4n) is 2.43.